The first kappa shape index (κ1) is 11.2. The van der Waals surface area contributed by atoms with Crippen LogP contribution in [0.3, 0.4) is 0 Å². The molecule has 0 unspecified atom stereocenters. The molecular weight excluding hydrogens is 192 g/mol. The van der Waals surface area contributed by atoms with E-state index in [2.05, 4.69) is 10.0 Å². The number of hydrogen-bond acceptors (Lipinski definition) is 3. The molecular formula is C10H14N4O. The second-order valence-electron chi connectivity index (χ2n) is 3.08. The van der Waals surface area contributed by atoms with Crippen LogP contribution in [0.2, 0.25) is 0 Å². The highest BCUT2D eigenvalue weighted by atomic mass is 16.5. The van der Waals surface area contributed by atoms with Crippen molar-refractivity contribution in [1.82, 2.24) is 0 Å². The van der Waals surface area contributed by atoms with E-state index < -0.39 is 0 Å². The molecule has 0 N–H and O–H groups in total. The summed E-state index contributed by atoms with van der Waals surface area (Å²) < 4.78 is 5.12. The molecule has 1 rings (SSSR count). The van der Waals surface area contributed by atoms with Gasteiger partial charge in [0.2, 0.25) is 0 Å². The van der Waals surface area contributed by atoms with Crippen molar-refractivity contribution in [2.24, 2.45) is 5.11 Å². The van der Waals surface area contributed by atoms with Gasteiger partial charge in [-0.25, -0.2) is 0 Å². The van der Waals surface area contributed by atoms with Gasteiger partial charge in [0.1, 0.15) is 5.75 Å². The summed E-state index contributed by atoms with van der Waals surface area (Å²) in [5.41, 5.74) is 9.20. The van der Waals surface area contributed by atoms with Gasteiger partial charge in [-0.3, -0.25) is 0 Å². The van der Waals surface area contributed by atoms with Gasteiger partial charge < -0.3 is 9.64 Å². The highest BCUT2D eigenvalue weighted by molar-refractivity contribution is 5.50. The molecule has 0 saturated carbocycles. The molecule has 0 amide bonds. The van der Waals surface area contributed by atoms with Crippen molar-refractivity contribution in [2.45, 2.75) is 0 Å². The van der Waals surface area contributed by atoms with Gasteiger partial charge in [-0.05, 0) is 17.7 Å². The van der Waals surface area contributed by atoms with Gasteiger partial charge in [0.05, 0.1) is 7.11 Å². The minimum atomic E-state index is 0.463. The van der Waals surface area contributed by atoms with Crippen molar-refractivity contribution in [2.75, 3.05) is 32.1 Å². The fourth-order valence-corrected chi connectivity index (χ4v) is 1.22. The third-order valence-corrected chi connectivity index (χ3v) is 2.09. The average Bonchev–Trinajstić information content (AvgIpc) is 2.29. The summed E-state index contributed by atoms with van der Waals surface area (Å²) in [6, 6.07) is 7.75. The van der Waals surface area contributed by atoms with E-state index >= 15 is 0 Å². The zero-order chi connectivity index (χ0) is 11.1. The van der Waals surface area contributed by atoms with Crippen LogP contribution < -0.4 is 9.64 Å². The quantitative estimate of drug-likeness (QED) is 0.422. The molecule has 0 aliphatic rings. The number of ether oxygens (including phenoxy) is 1. The van der Waals surface area contributed by atoms with Crippen molar-refractivity contribution in [3.05, 3.63) is 34.7 Å². The van der Waals surface area contributed by atoms with Gasteiger partial charge in [-0.15, -0.1) is 0 Å². The largest absolute Gasteiger partial charge is 0.497 e. The van der Waals surface area contributed by atoms with Crippen LogP contribution in [-0.2, 0) is 0 Å². The smallest absolute Gasteiger partial charge is 0.120 e. The number of anilines is 1. The molecule has 0 radical (unpaired) electrons. The lowest BCUT2D eigenvalue weighted by molar-refractivity contribution is 0.415. The predicted molar refractivity (Wildman–Crippen MR) is 60.3 cm³/mol. The molecule has 0 saturated heterocycles. The van der Waals surface area contributed by atoms with Gasteiger partial charge in [-0.2, -0.15) is 0 Å². The summed E-state index contributed by atoms with van der Waals surface area (Å²) in [5.74, 6) is 0.822. The Hall–Kier alpha value is -1.87. The van der Waals surface area contributed by atoms with Gasteiger partial charge >= 0.3 is 0 Å². The van der Waals surface area contributed by atoms with Crippen LogP contribution >= 0.6 is 0 Å². The standard InChI is InChI=1S/C10H14N4O/c1-14(7-6-12-13-11)9-4-3-5-10(8-9)15-2/h3-5,8H,6-7H2,1-2H3. The molecule has 80 valence electrons. The van der Waals surface area contributed by atoms with Gasteiger partial charge in [-0.1, -0.05) is 11.2 Å². The van der Waals surface area contributed by atoms with Crippen molar-refractivity contribution < 1.29 is 4.74 Å². The maximum Gasteiger partial charge on any atom is 0.120 e. The molecule has 1 aromatic carbocycles. The molecule has 0 heterocycles. The number of hydrogen-bond donors (Lipinski definition) is 0. The Bertz CT molecular complexity index is 360. The lowest BCUT2D eigenvalue weighted by atomic mass is 10.3. The zero-order valence-corrected chi connectivity index (χ0v) is 8.92. The predicted octanol–water partition coefficient (Wildman–Crippen LogP) is 2.44. The number of azide groups is 1. The highest BCUT2D eigenvalue weighted by Crippen LogP contribution is 2.19. The molecule has 0 atom stereocenters. The molecule has 0 aliphatic carbocycles. The monoisotopic (exact) mass is 206 g/mol. The third kappa shape index (κ3) is 3.40. The summed E-state index contributed by atoms with van der Waals surface area (Å²) in [6.45, 7) is 1.15. The Balaban J connectivity index is 2.63. The maximum atomic E-state index is 8.15. The summed E-state index contributed by atoms with van der Waals surface area (Å²) in [4.78, 5) is 4.72. The van der Waals surface area contributed by atoms with E-state index in [1.54, 1.807) is 7.11 Å². The molecule has 1 aromatic rings. The molecule has 0 aliphatic heterocycles. The Kier molecular flexibility index (Phi) is 4.31. The number of benzene rings is 1. The maximum absolute atomic E-state index is 8.15. The summed E-state index contributed by atoms with van der Waals surface area (Å²) >= 11 is 0. The van der Waals surface area contributed by atoms with Crippen molar-refractivity contribution >= 4 is 5.69 Å². The van der Waals surface area contributed by atoms with Crippen LogP contribution in [0.1, 0.15) is 0 Å². The second-order valence-corrected chi connectivity index (χ2v) is 3.08. The van der Waals surface area contributed by atoms with E-state index in [1.807, 2.05) is 36.2 Å². The first-order valence-corrected chi connectivity index (χ1v) is 4.64. The molecule has 0 aromatic heterocycles. The molecule has 15 heavy (non-hydrogen) atoms. The van der Waals surface area contributed by atoms with Crippen LogP contribution in [0.5, 0.6) is 5.75 Å². The second kappa shape index (κ2) is 5.78. The van der Waals surface area contributed by atoms with Crippen LogP contribution in [0.4, 0.5) is 5.69 Å². The number of rotatable bonds is 5. The summed E-state index contributed by atoms with van der Waals surface area (Å²) in [5, 5.41) is 3.49. The Morgan fingerprint density at radius 1 is 1.53 bits per heavy atom. The molecule has 0 spiro atoms. The van der Waals surface area contributed by atoms with E-state index in [1.165, 1.54) is 0 Å². The minimum Gasteiger partial charge on any atom is -0.497 e. The zero-order valence-electron chi connectivity index (χ0n) is 8.92. The summed E-state index contributed by atoms with van der Waals surface area (Å²) in [7, 11) is 3.58. The minimum absolute atomic E-state index is 0.463. The Labute approximate surface area is 88.9 Å². The lowest BCUT2D eigenvalue weighted by Gasteiger charge is -2.18. The number of methoxy groups -OCH3 is 1. The average molecular weight is 206 g/mol. The molecule has 0 fully saturated rings. The SMILES string of the molecule is COc1cccc(N(C)CCN=[N+]=[N-])c1. The molecule has 5 heteroatoms. The molecule has 0 bridgehead atoms. The van der Waals surface area contributed by atoms with Crippen molar-refractivity contribution in [1.29, 1.82) is 0 Å². The fraction of sp³-hybridized carbons (Fsp3) is 0.400. The van der Waals surface area contributed by atoms with Gasteiger partial charge in [0.25, 0.3) is 0 Å². The van der Waals surface area contributed by atoms with Crippen molar-refractivity contribution in [3.8, 4) is 5.75 Å². The molecule has 5 nitrogen and oxygen atoms in total. The Morgan fingerprint density at radius 2 is 2.33 bits per heavy atom. The van der Waals surface area contributed by atoms with E-state index in [4.69, 9.17) is 10.3 Å². The highest BCUT2D eigenvalue weighted by Gasteiger charge is 2.00. The van der Waals surface area contributed by atoms with Crippen LogP contribution in [-0.4, -0.2) is 27.2 Å². The van der Waals surface area contributed by atoms with E-state index in [0.29, 0.717) is 13.1 Å². The first-order valence-electron chi connectivity index (χ1n) is 4.64. The van der Waals surface area contributed by atoms with E-state index in [9.17, 15) is 0 Å². The fourth-order valence-electron chi connectivity index (χ4n) is 1.22. The normalized spacial score (nSPS) is 9.20. The third-order valence-electron chi connectivity index (χ3n) is 2.09. The van der Waals surface area contributed by atoms with Crippen LogP contribution in [0.25, 0.3) is 10.4 Å². The van der Waals surface area contributed by atoms with Gasteiger partial charge in [0, 0.05) is 36.8 Å². The lowest BCUT2D eigenvalue weighted by Crippen LogP contribution is -2.20. The van der Waals surface area contributed by atoms with Crippen LogP contribution in [0, 0.1) is 0 Å². The van der Waals surface area contributed by atoms with Gasteiger partial charge in [0.15, 0.2) is 0 Å². The first-order chi connectivity index (χ1) is 7.27. The van der Waals surface area contributed by atoms with Crippen molar-refractivity contribution in [3.63, 3.8) is 0 Å². The van der Waals surface area contributed by atoms with Crippen LogP contribution in [0.15, 0.2) is 29.4 Å². The number of likely N-dealkylation sites (N-methyl/N-ethyl adjacent to an activating group) is 1. The van der Waals surface area contributed by atoms with E-state index in [-0.39, 0.29) is 0 Å². The summed E-state index contributed by atoms with van der Waals surface area (Å²) in [6.07, 6.45) is 0. The number of nitrogens with zero attached hydrogens (tertiary/aromatic N) is 4. The Morgan fingerprint density at radius 3 is 3.00 bits per heavy atom. The topological polar surface area (TPSA) is 61.2 Å². The van der Waals surface area contributed by atoms with E-state index in [0.717, 1.165) is 11.4 Å².